The summed E-state index contributed by atoms with van der Waals surface area (Å²) < 4.78 is 0. The maximum atomic E-state index is 12.8. The lowest BCUT2D eigenvalue weighted by atomic mass is 9.97. The Morgan fingerprint density at radius 2 is 1.58 bits per heavy atom. The first-order chi connectivity index (χ1) is 14.5. The molecule has 0 aromatic carbocycles. The highest BCUT2D eigenvalue weighted by atomic mass is 32.2. The highest BCUT2D eigenvalue weighted by molar-refractivity contribution is 7.98. The monoisotopic (exact) mass is 463 g/mol. The zero-order chi connectivity index (χ0) is 24.1. The quantitative estimate of drug-likeness (QED) is 0.137. The zero-order valence-corrected chi connectivity index (χ0v) is 18.7. The van der Waals surface area contributed by atoms with Gasteiger partial charge in [-0.05, 0) is 24.3 Å². The lowest BCUT2D eigenvalue weighted by Gasteiger charge is -2.27. The number of amides is 4. The molecule has 9 N–H and O–H groups in total. The Bertz CT molecular complexity index is 649. The Hall–Kier alpha value is -2.38. The maximum Gasteiger partial charge on any atom is 0.328 e. The van der Waals surface area contributed by atoms with E-state index < -0.39 is 66.8 Å². The molecule has 0 aliphatic rings. The molecule has 0 aromatic rings. The van der Waals surface area contributed by atoms with Crippen molar-refractivity contribution in [3.05, 3.63) is 0 Å². The fourth-order valence-electron chi connectivity index (χ4n) is 2.47. The van der Waals surface area contributed by atoms with E-state index in [1.807, 2.05) is 11.6 Å². The van der Waals surface area contributed by atoms with E-state index in [1.54, 1.807) is 13.8 Å². The van der Waals surface area contributed by atoms with Crippen LogP contribution in [-0.2, 0) is 24.0 Å². The van der Waals surface area contributed by atoms with Crippen LogP contribution in [0.15, 0.2) is 0 Å². The number of aliphatic carboxylic acids is 1. The number of carbonyl (C=O) groups is 5. The van der Waals surface area contributed by atoms with Gasteiger partial charge >= 0.3 is 5.97 Å². The van der Waals surface area contributed by atoms with Crippen LogP contribution in [0.3, 0.4) is 0 Å². The van der Waals surface area contributed by atoms with Gasteiger partial charge in [0.15, 0.2) is 0 Å². The van der Waals surface area contributed by atoms with E-state index >= 15 is 0 Å². The van der Waals surface area contributed by atoms with Crippen LogP contribution in [0.2, 0.25) is 0 Å². The number of thioether (sulfide) groups is 1. The second-order valence-electron chi connectivity index (χ2n) is 7.07. The van der Waals surface area contributed by atoms with Gasteiger partial charge in [0, 0.05) is 0 Å². The van der Waals surface area contributed by atoms with Crippen LogP contribution in [0.25, 0.3) is 0 Å². The SMILES string of the molecule is CCC(C)C(NC(=O)C(N)CCSC)C(=O)NC(CC(N)=O)C(=O)NC(CO)C(=O)O. The minimum Gasteiger partial charge on any atom is -0.480 e. The van der Waals surface area contributed by atoms with Gasteiger partial charge in [0.25, 0.3) is 0 Å². The molecule has 0 heterocycles. The van der Waals surface area contributed by atoms with Crippen LogP contribution in [-0.4, -0.2) is 82.6 Å². The lowest BCUT2D eigenvalue weighted by molar-refractivity contribution is -0.143. The van der Waals surface area contributed by atoms with Gasteiger partial charge in [-0.25, -0.2) is 4.79 Å². The number of primary amides is 1. The number of carbonyl (C=O) groups excluding carboxylic acids is 4. The second kappa shape index (κ2) is 14.6. The molecule has 5 unspecified atom stereocenters. The average molecular weight is 464 g/mol. The Balaban J connectivity index is 5.44. The van der Waals surface area contributed by atoms with Crippen molar-refractivity contribution in [2.24, 2.45) is 17.4 Å². The fourth-order valence-corrected chi connectivity index (χ4v) is 2.96. The molecule has 31 heavy (non-hydrogen) atoms. The number of rotatable bonds is 15. The smallest absolute Gasteiger partial charge is 0.328 e. The molecule has 13 heteroatoms. The molecule has 0 saturated carbocycles. The molecule has 0 spiro atoms. The van der Waals surface area contributed by atoms with E-state index in [-0.39, 0.29) is 5.92 Å². The first-order valence-corrected chi connectivity index (χ1v) is 11.1. The molecule has 0 aliphatic carbocycles. The molecule has 0 saturated heterocycles. The van der Waals surface area contributed by atoms with Crippen molar-refractivity contribution >= 4 is 41.4 Å². The Kier molecular flexibility index (Phi) is 13.5. The third-order valence-corrected chi connectivity index (χ3v) is 5.24. The summed E-state index contributed by atoms with van der Waals surface area (Å²) >= 11 is 1.52. The van der Waals surface area contributed by atoms with Crippen molar-refractivity contribution in [3.8, 4) is 0 Å². The van der Waals surface area contributed by atoms with Crippen LogP contribution in [0, 0.1) is 5.92 Å². The summed E-state index contributed by atoms with van der Waals surface area (Å²) in [5, 5.41) is 25.0. The molecule has 0 bridgehead atoms. The maximum absolute atomic E-state index is 12.8. The zero-order valence-electron chi connectivity index (χ0n) is 17.9. The number of nitrogens with two attached hydrogens (primary N) is 2. The van der Waals surface area contributed by atoms with Crippen LogP contribution in [0.5, 0.6) is 0 Å². The fraction of sp³-hybridized carbons (Fsp3) is 0.722. The number of hydrogen-bond acceptors (Lipinski definition) is 8. The van der Waals surface area contributed by atoms with Gasteiger partial charge in [-0.15, -0.1) is 0 Å². The summed E-state index contributed by atoms with van der Waals surface area (Å²) in [5.74, 6) is -4.39. The van der Waals surface area contributed by atoms with Crippen LogP contribution < -0.4 is 27.4 Å². The van der Waals surface area contributed by atoms with Crippen LogP contribution in [0.1, 0.15) is 33.1 Å². The predicted molar refractivity (Wildman–Crippen MR) is 115 cm³/mol. The molecule has 0 radical (unpaired) electrons. The second-order valence-corrected chi connectivity index (χ2v) is 8.06. The van der Waals surface area contributed by atoms with Gasteiger partial charge in [-0.2, -0.15) is 11.8 Å². The lowest BCUT2D eigenvalue weighted by Crippen LogP contribution is -2.59. The number of carboxylic acid groups (broad SMARTS) is 1. The van der Waals surface area contributed by atoms with Gasteiger partial charge in [0.2, 0.25) is 23.6 Å². The van der Waals surface area contributed by atoms with Gasteiger partial charge < -0.3 is 37.6 Å². The van der Waals surface area contributed by atoms with E-state index in [1.165, 1.54) is 11.8 Å². The molecular formula is C18H33N5O7S. The predicted octanol–water partition coefficient (Wildman–Crippen LogP) is -2.48. The van der Waals surface area contributed by atoms with E-state index in [0.717, 1.165) is 0 Å². The normalized spacial score (nSPS) is 15.6. The standard InChI is InChI=1S/C18H33N5O7S/c1-4-9(2)14(23-15(26)10(19)5-6-31-3)17(28)21-11(7-13(20)25)16(27)22-12(8-24)18(29)30/h9-12,14,24H,4-8,19H2,1-3H3,(H2,20,25)(H,21,28)(H,22,27)(H,23,26)(H,29,30). The topological polar surface area (TPSA) is 214 Å². The molecule has 12 nitrogen and oxygen atoms in total. The molecule has 0 fully saturated rings. The summed E-state index contributed by atoms with van der Waals surface area (Å²) in [6, 6.07) is -4.99. The molecule has 4 amide bonds. The van der Waals surface area contributed by atoms with Gasteiger partial charge in [-0.1, -0.05) is 20.3 Å². The first-order valence-electron chi connectivity index (χ1n) is 9.75. The Labute approximate surface area is 185 Å². The Morgan fingerprint density at radius 3 is 2.03 bits per heavy atom. The van der Waals surface area contributed by atoms with Gasteiger partial charge in [-0.3, -0.25) is 19.2 Å². The highest BCUT2D eigenvalue weighted by Crippen LogP contribution is 2.10. The molecular weight excluding hydrogens is 430 g/mol. The molecule has 0 aliphatic heterocycles. The van der Waals surface area contributed by atoms with Gasteiger partial charge in [0.05, 0.1) is 19.1 Å². The minimum absolute atomic E-state index is 0.335. The summed E-state index contributed by atoms with van der Waals surface area (Å²) in [7, 11) is 0. The van der Waals surface area contributed by atoms with Crippen molar-refractivity contribution < 1.29 is 34.2 Å². The van der Waals surface area contributed by atoms with Crippen molar-refractivity contribution in [2.45, 2.75) is 57.3 Å². The van der Waals surface area contributed by atoms with Crippen LogP contribution in [0.4, 0.5) is 0 Å². The van der Waals surface area contributed by atoms with E-state index in [0.29, 0.717) is 18.6 Å². The number of nitrogens with one attached hydrogen (secondary N) is 3. The first kappa shape index (κ1) is 28.6. The number of carboxylic acids is 1. The van der Waals surface area contributed by atoms with Crippen molar-refractivity contribution in [1.82, 2.24) is 16.0 Å². The molecule has 0 aromatic heterocycles. The minimum atomic E-state index is -1.63. The third kappa shape index (κ3) is 10.5. The number of aliphatic hydroxyl groups is 1. The highest BCUT2D eigenvalue weighted by Gasteiger charge is 2.33. The number of aliphatic hydroxyl groups excluding tert-OH is 1. The largest absolute Gasteiger partial charge is 0.480 e. The molecule has 5 atom stereocenters. The van der Waals surface area contributed by atoms with E-state index in [9.17, 15) is 24.0 Å². The molecule has 0 rings (SSSR count). The van der Waals surface area contributed by atoms with E-state index in [4.69, 9.17) is 21.7 Å². The van der Waals surface area contributed by atoms with Gasteiger partial charge in [0.1, 0.15) is 18.1 Å². The van der Waals surface area contributed by atoms with Crippen molar-refractivity contribution in [3.63, 3.8) is 0 Å². The number of hydrogen-bond donors (Lipinski definition) is 7. The average Bonchev–Trinajstić information content (AvgIpc) is 2.71. The summed E-state index contributed by atoms with van der Waals surface area (Å²) in [6.07, 6.45) is 2.18. The Morgan fingerprint density at radius 1 is 1.00 bits per heavy atom. The van der Waals surface area contributed by atoms with Crippen molar-refractivity contribution in [1.29, 1.82) is 0 Å². The van der Waals surface area contributed by atoms with Crippen molar-refractivity contribution in [2.75, 3.05) is 18.6 Å². The molecule has 178 valence electrons. The van der Waals surface area contributed by atoms with E-state index in [2.05, 4.69) is 10.6 Å². The summed E-state index contributed by atoms with van der Waals surface area (Å²) in [6.45, 7) is 2.63. The summed E-state index contributed by atoms with van der Waals surface area (Å²) in [5.41, 5.74) is 11.0. The third-order valence-electron chi connectivity index (χ3n) is 4.60. The van der Waals surface area contributed by atoms with Crippen LogP contribution >= 0.6 is 11.8 Å². The summed E-state index contributed by atoms with van der Waals surface area (Å²) in [4.78, 5) is 59.9.